The number of rotatable bonds is 4. The fraction of sp³-hybridized carbons (Fsp3) is 0.364. The quantitative estimate of drug-likeness (QED) is 0.858. The fourth-order valence-electron chi connectivity index (χ4n) is 1.46. The lowest BCUT2D eigenvalue weighted by molar-refractivity contribution is 0.0520. The molecule has 0 aliphatic heterocycles. The molecule has 7 heteroatoms. The van der Waals surface area contributed by atoms with Crippen molar-refractivity contribution >= 4 is 28.3 Å². The molecule has 0 amide bonds. The minimum Gasteiger partial charge on any atom is -0.461 e. The molecular weight excluding hydrogens is 252 g/mol. The van der Waals surface area contributed by atoms with E-state index in [0.29, 0.717) is 17.4 Å². The second-order valence-corrected chi connectivity index (χ2v) is 4.58. The van der Waals surface area contributed by atoms with Crippen molar-refractivity contribution in [1.29, 1.82) is 0 Å². The minimum absolute atomic E-state index is 0.318. The maximum absolute atomic E-state index is 11.5. The summed E-state index contributed by atoms with van der Waals surface area (Å²) in [6.45, 7) is 4.06. The van der Waals surface area contributed by atoms with Gasteiger partial charge in [0, 0.05) is 24.2 Å². The molecule has 0 atom stereocenters. The predicted octanol–water partition coefficient (Wildman–Crippen LogP) is 2.11. The van der Waals surface area contributed by atoms with Gasteiger partial charge < -0.3 is 10.1 Å². The first-order valence-electron chi connectivity index (χ1n) is 5.50. The molecule has 2 rings (SSSR count). The van der Waals surface area contributed by atoms with Crippen LogP contribution in [0.4, 0.5) is 10.9 Å². The molecule has 1 N–H and O–H groups in total. The number of ether oxygens (including phenoxy) is 1. The summed E-state index contributed by atoms with van der Waals surface area (Å²) in [7, 11) is 1.85. The summed E-state index contributed by atoms with van der Waals surface area (Å²) >= 11 is 1.34. The molecule has 0 aliphatic rings. The summed E-state index contributed by atoms with van der Waals surface area (Å²) in [5.74, 6) is 0.335. The van der Waals surface area contributed by atoms with Gasteiger partial charge in [0.15, 0.2) is 16.6 Å². The van der Waals surface area contributed by atoms with Crippen molar-refractivity contribution in [2.75, 3.05) is 11.9 Å². The zero-order chi connectivity index (χ0) is 13.1. The largest absolute Gasteiger partial charge is 0.461 e. The monoisotopic (exact) mass is 266 g/mol. The summed E-state index contributed by atoms with van der Waals surface area (Å²) < 4.78 is 6.60. The Hall–Kier alpha value is -1.89. The molecule has 96 valence electrons. The van der Waals surface area contributed by atoms with E-state index in [0.717, 1.165) is 11.4 Å². The number of anilines is 2. The van der Waals surface area contributed by atoms with Gasteiger partial charge in [-0.1, -0.05) is 0 Å². The molecule has 0 aliphatic carbocycles. The highest BCUT2D eigenvalue weighted by Gasteiger charge is 2.12. The lowest BCUT2D eigenvalue weighted by Crippen LogP contribution is -2.05. The first kappa shape index (κ1) is 12.6. The highest BCUT2D eigenvalue weighted by atomic mass is 32.1. The Kier molecular flexibility index (Phi) is 3.61. The average molecular weight is 266 g/mol. The third-order valence-corrected chi connectivity index (χ3v) is 2.98. The summed E-state index contributed by atoms with van der Waals surface area (Å²) in [5.41, 5.74) is 1.34. The van der Waals surface area contributed by atoms with Crippen LogP contribution in [0.15, 0.2) is 11.6 Å². The van der Waals surface area contributed by atoms with Crippen LogP contribution in [0.25, 0.3) is 0 Å². The van der Waals surface area contributed by atoms with Crippen molar-refractivity contribution in [3.63, 3.8) is 0 Å². The standard InChI is InChI=1S/C11H14N4O2S/c1-4-17-10(16)8-6-18-11(12-8)13-9-7(2)5-15(3)14-9/h5-6H,4H2,1-3H3,(H,12,13,14). The third-order valence-electron chi connectivity index (χ3n) is 2.23. The maximum atomic E-state index is 11.5. The smallest absolute Gasteiger partial charge is 0.357 e. The Morgan fingerprint density at radius 2 is 2.39 bits per heavy atom. The lowest BCUT2D eigenvalue weighted by Gasteiger charge is -1.99. The van der Waals surface area contributed by atoms with Gasteiger partial charge in [0.25, 0.3) is 0 Å². The highest BCUT2D eigenvalue weighted by molar-refractivity contribution is 7.14. The number of carbonyl (C=O) groups excluding carboxylic acids is 1. The predicted molar refractivity (Wildman–Crippen MR) is 69.3 cm³/mol. The minimum atomic E-state index is -0.403. The average Bonchev–Trinajstić information content (AvgIpc) is 2.88. The molecule has 2 aromatic heterocycles. The Balaban J connectivity index is 2.11. The van der Waals surface area contributed by atoms with Crippen LogP contribution in [0.5, 0.6) is 0 Å². The van der Waals surface area contributed by atoms with Crippen LogP contribution in [0.3, 0.4) is 0 Å². The van der Waals surface area contributed by atoms with Crippen LogP contribution in [0, 0.1) is 6.92 Å². The van der Waals surface area contributed by atoms with Crippen LogP contribution >= 0.6 is 11.3 Å². The Morgan fingerprint density at radius 1 is 1.61 bits per heavy atom. The molecule has 0 spiro atoms. The van der Waals surface area contributed by atoms with E-state index >= 15 is 0 Å². The van der Waals surface area contributed by atoms with E-state index in [-0.39, 0.29) is 0 Å². The van der Waals surface area contributed by atoms with Crippen LogP contribution < -0.4 is 5.32 Å². The number of nitrogens with zero attached hydrogens (tertiary/aromatic N) is 3. The number of aryl methyl sites for hydroxylation is 2. The molecule has 6 nitrogen and oxygen atoms in total. The SMILES string of the molecule is CCOC(=O)c1csc(Nc2nn(C)cc2C)n1. The maximum Gasteiger partial charge on any atom is 0.357 e. The van der Waals surface area contributed by atoms with Gasteiger partial charge >= 0.3 is 5.97 Å². The van der Waals surface area contributed by atoms with E-state index in [1.54, 1.807) is 17.0 Å². The first-order chi connectivity index (χ1) is 8.60. The van der Waals surface area contributed by atoms with Crippen molar-refractivity contribution in [1.82, 2.24) is 14.8 Å². The van der Waals surface area contributed by atoms with Crippen molar-refractivity contribution in [3.05, 3.63) is 22.8 Å². The third kappa shape index (κ3) is 2.67. The van der Waals surface area contributed by atoms with Crippen molar-refractivity contribution in [2.45, 2.75) is 13.8 Å². The lowest BCUT2D eigenvalue weighted by atomic mass is 10.4. The number of thiazole rings is 1. The number of hydrogen-bond acceptors (Lipinski definition) is 6. The van der Waals surface area contributed by atoms with Crippen molar-refractivity contribution < 1.29 is 9.53 Å². The second kappa shape index (κ2) is 5.18. The van der Waals surface area contributed by atoms with Gasteiger partial charge in [0.1, 0.15) is 0 Å². The summed E-state index contributed by atoms with van der Waals surface area (Å²) in [6, 6.07) is 0. The number of hydrogen-bond donors (Lipinski definition) is 1. The molecule has 18 heavy (non-hydrogen) atoms. The van der Waals surface area contributed by atoms with Gasteiger partial charge in [-0.15, -0.1) is 11.3 Å². The fourth-order valence-corrected chi connectivity index (χ4v) is 2.14. The van der Waals surface area contributed by atoms with E-state index in [9.17, 15) is 4.79 Å². The number of aromatic nitrogens is 3. The molecule has 0 saturated carbocycles. The van der Waals surface area contributed by atoms with Gasteiger partial charge in [0.2, 0.25) is 0 Å². The van der Waals surface area contributed by atoms with Crippen molar-refractivity contribution in [2.24, 2.45) is 7.05 Å². The van der Waals surface area contributed by atoms with E-state index in [2.05, 4.69) is 15.4 Å². The summed E-state index contributed by atoms with van der Waals surface area (Å²) in [6.07, 6.45) is 1.90. The first-order valence-corrected chi connectivity index (χ1v) is 6.38. The zero-order valence-corrected chi connectivity index (χ0v) is 11.2. The molecule has 0 saturated heterocycles. The van der Waals surface area contributed by atoms with Gasteiger partial charge in [-0.2, -0.15) is 5.10 Å². The van der Waals surface area contributed by atoms with E-state index in [1.807, 2.05) is 20.2 Å². The summed E-state index contributed by atoms with van der Waals surface area (Å²) in [5, 5.41) is 9.62. The summed E-state index contributed by atoms with van der Waals surface area (Å²) in [4.78, 5) is 15.6. The normalized spacial score (nSPS) is 10.4. The Morgan fingerprint density at radius 3 is 3.00 bits per heavy atom. The number of nitrogens with one attached hydrogen (secondary N) is 1. The number of esters is 1. The van der Waals surface area contributed by atoms with E-state index in [4.69, 9.17) is 4.74 Å². The molecular formula is C11H14N4O2S. The Labute approximate surface area is 109 Å². The number of carbonyl (C=O) groups is 1. The topological polar surface area (TPSA) is 69.0 Å². The zero-order valence-electron chi connectivity index (χ0n) is 10.4. The molecule has 2 heterocycles. The van der Waals surface area contributed by atoms with E-state index in [1.165, 1.54) is 11.3 Å². The second-order valence-electron chi connectivity index (χ2n) is 3.72. The van der Waals surface area contributed by atoms with Gasteiger partial charge in [-0.05, 0) is 13.8 Å². The molecule has 0 aromatic carbocycles. The van der Waals surface area contributed by atoms with Crippen LogP contribution in [-0.4, -0.2) is 27.3 Å². The van der Waals surface area contributed by atoms with Gasteiger partial charge in [-0.3, -0.25) is 4.68 Å². The Bertz CT molecular complexity index is 561. The molecule has 0 radical (unpaired) electrons. The molecule has 0 bridgehead atoms. The molecule has 2 aromatic rings. The van der Waals surface area contributed by atoms with Crippen LogP contribution in [0.1, 0.15) is 23.0 Å². The van der Waals surface area contributed by atoms with Crippen molar-refractivity contribution in [3.8, 4) is 0 Å². The van der Waals surface area contributed by atoms with E-state index < -0.39 is 5.97 Å². The molecule has 0 fully saturated rings. The molecule has 0 unspecified atom stereocenters. The highest BCUT2D eigenvalue weighted by Crippen LogP contribution is 2.22. The van der Waals surface area contributed by atoms with Crippen LogP contribution in [-0.2, 0) is 11.8 Å². The van der Waals surface area contributed by atoms with Gasteiger partial charge in [-0.25, -0.2) is 9.78 Å². The van der Waals surface area contributed by atoms with Gasteiger partial charge in [0.05, 0.1) is 6.61 Å². The van der Waals surface area contributed by atoms with Crippen LogP contribution in [0.2, 0.25) is 0 Å².